The standard InChI is InChI=1S/C13H10F3NO2/c14-13(15,16)6-3-7-18-12-9-4-1-2-5-10(9)19-11(12)8-17/h1-2,4-5H,3,6-7H2. The monoisotopic (exact) mass is 269 g/mol. The van der Waals surface area contributed by atoms with Crippen molar-refractivity contribution in [3.63, 3.8) is 0 Å². The third kappa shape index (κ3) is 3.19. The zero-order chi connectivity index (χ0) is 13.9. The second-order valence-corrected chi connectivity index (χ2v) is 3.94. The van der Waals surface area contributed by atoms with E-state index in [9.17, 15) is 13.2 Å². The number of hydrogen-bond acceptors (Lipinski definition) is 3. The van der Waals surface area contributed by atoms with Crippen LogP contribution < -0.4 is 4.74 Å². The van der Waals surface area contributed by atoms with E-state index < -0.39 is 12.6 Å². The first kappa shape index (κ1) is 13.3. The molecule has 0 amide bonds. The maximum absolute atomic E-state index is 12.0. The highest BCUT2D eigenvalue weighted by molar-refractivity contribution is 5.86. The Labute approximate surface area is 107 Å². The van der Waals surface area contributed by atoms with Crippen molar-refractivity contribution in [2.45, 2.75) is 19.0 Å². The van der Waals surface area contributed by atoms with Crippen LogP contribution in [0.2, 0.25) is 0 Å². The number of fused-ring (bicyclic) bond motifs is 1. The molecule has 0 N–H and O–H groups in total. The topological polar surface area (TPSA) is 46.2 Å². The van der Waals surface area contributed by atoms with Crippen molar-refractivity contribution in [1.29, 1.82) is 5.26 Å². The number of nitrogens with zero attached hydrogens (tertiary/aromatic N) is 1. The largest absolute Gasteiger partial charge is 0.488 e. The van der Waals surface area contributed by atoms with Crippen molar-refractivity contribution < 1.29 is 22.3 Å². The number of ether oxygens (including phenoxy) is 1. The highest BCUT2D eigenvalue weighted by Crippen LogP contribution is 2.32. The van der Waals surface area contributed by atoms with Gasteiger partial charge in [-0.25, -0.2) is 0 Å². The summed E-state index contributed by atoms with van der Waals surface area (Å²) >= 11 is 0. The van der Waals surface area contributed by atoms with Gasteiger partial charge in [0.1, 0.15) is 11.7 Å². The molecule has 1 aromatic carbocycles. The minimum absolute atomic E-state index is 0.0202. The van der Waals surface area contributed by atoms with E-state index in [1.165, 1.54) is 0 Å². The predicted octanol–water partition coefficient (Wildman–Crippen LogP) is 4.03. The lowest BCUT2D eigenvalue weighted by atomic mass is 10.2. The van der Waals surface area contributed by atoms with Gasteiger partial charge in [-0.2, -0.15) is 18.4 Å². The molecule has 0 spiro atoms. The molecule has 19 heavy (non-hydrogen) atoms. The molecule has 3 nitrogen and oxygen atoms in total. The Balaban J connectivity index is 2.10. The van der Waals surface area contributed by atoms with Crippen LogP contribution in [-0.2, 0) is 0 Å². The van der Waals surface area contributed by atoms with E-state index in [-0.39, 0.29) is 24.5 Å². The first-order valence-corrected chi connectivity index (χ1v) is 5.62. The fourth-order valence-electron chi connectivity index (χ4n) is 1.69. The molecule has 2 rings (SSSR count). The molecule has 1 heterocycles. The van der Waals surface area contributed by atoms with Crippen LogP contribution in [0, 0.1) is 11.3 Å². The van der Waals surface area contributed by atoms with E-state index in [2.05, 4.69) is 0 Å². The van der Waals surface area contributed by atoms with Crippen LogP contribution in [0.15, 0.2) is 28.7 Å². The van der Waals surface area contributed by atoms with Gasteiger partial charge in [-0.05, 0) is 18.6 Å². The first-order chi connectivity index (χ1) is 9.01. The summed E-state index contributed by atoms with van der Waals surface area (Å²) in [5.74, 6) is 0.188. The summed E-state index contributed by atoms with van der Waals surface area (Å²) < 4.78 is 46.5. The van der Waals surface area contributed by atoms with Crippen LogP contribution in [-0.4, -0.2) is 12.8 Å². The number of furan rings is 1. The number of rotatable bonds is 4. The van der Waals surface area contributed by atoms with Crippen molar-refractivity contribution in [1.82, 2.24) is 0 Å². The number of nitriles is 1. The van der Waals surface area contributed by atoms with Crippen LogP contribution in [0.5, 0.6) is 5.75 Å². The second-order valence-electron chi connectivity index (χ2n) is 3.94. The van der Waals surface area contributed by atoms with Gasteiger partial charge in [-0.3, -0.25) is 0 Å². The van der Waals surface area contributed by atoms with Gasteiger partial charge >= 0.3 is 6.18 Å². The Morgan fingerprint density at radius 3 is 2.68 bits per heavy atom. The lowest BCUT2D eigenvalue weighted by Crippen LogP contribution is -2.09. The number of para-hydroxylation sites is 1. The number of hydrogen-bond donors (Lipinski definition) is 0. The van der Waals surface area contributed by atoms with Crippen LogP contribution in [0.3, 0.4) is 0 Å². The van der Waals surface area contributed by atoms with E-state index >= 15 is 0 Å². The Hall–Kier alpha value is -2.16. The zero-order valence-corrected chi connectivity index (χ0v) is 9.83. The molecular weight excluding hydrogens is 259 g/mol. The third-order valence-corrected chi connectivity index (χ3v) is 2.50. The summed E-state index contributed by atoms with van der Waals surface area (Å²) in [4.78, 5) is 0. The van der Waals surface area contributed by atoms with Crippen LogP contribution >= 0.6 is 0 Å². The zero-order valence-electron chi connectivity index (χ0n) is 9.83. The summed E-state index contributed by atoms with van der Waals surface area (Å²) in [7, 11) is 0. The van der Waals surface area contributed by atoms with Crippen molar-refractivity contribution in [2.24, 2.45) is 0 Å². The Morgan fingerprint density at radius 2 is 2.00 bits per heavy atom. The quantitative estimate of drug-likeness (QED) is 0.787. The number of alkyl halides is 3. The van der Waals surface area contributed by atoms with E-state index in [1.807, 2.05) is 6.07 Å². The molecule has 0 fully saturated rings. The van der Waals surface area contributed by atoms with Gasteiger partial charge in [0.25, 0.3) is 0 Å². The second kappa shape index (κ2) is 5.22. The minimum Gasteiger partial charge on any atom is -0.488 e. The van der Waals surface area contributed by atoms with Crippen molar-refractivity contribution >= 4 is 11.0 Å². The molecule has 0 aliphatic heterocycles. The molecule has 0 atom stereocenters. The average molecular weight is 269 g/mol. The van der Waals surface area contributed by atoms with Gasteiger partial charge < -0.3 is 9.15 Å². The molecule has 0 saturated heterocycles. The molecule has 0 radical (unpaired) electrons. The van der Waals surface area contributed by atoms with Crippen molar-refractivity contribution in [3.8, 4) is 11.8 Å². The highest BCUT2D eigenvalue weighted by Gasteiger charge is 2.26. The van der Waals surface area contributed by atoms with Crippen LogP contribution in [0.4, 0.5) is 13.2 Å². The smallest absolute Gasteiger partial charge is 0.389 e. The van der Waals surface area contributed by atoms with Crippen molar-refractivity contribution in [3.05, 3.63) is 30.0 Å². The summed E-state index contributed by atoms with van der Waals surface area (Å²) in [6.45, 7) is -0.113. The van der Waals surface area contributed by atoms with Gasteiger partial charge in [0.15, 0.2) is 5.75 Å². The number of halogens is 3. The van der Waals surface area contributed by atoms with Gasteiger partial charge in [0.05, 0.1) is 12.0 Å². The average Bonchev–Trinajstić information content (AvgIpc) is 2.71. The van der Waals surface area contributed by atoms with E-state index in [1.54, 1.807) is 24.3 Å². The fourth-order valence-corrected chi connectivity index (χ4v) is 1.69. The summed E-state index contributed by atoms with van der Waals surface area (Å²) in [5.41, 5.74) is 0.477. The summed E-state index contributed by atoms with van der Waals surface area (Å²) in [6, 6.07) is 8.66. The molecule has 2 aromatic rings. The molecule has 0 aliphatic carbocycles. The molecule has 1 aromatic heterocycles. The summed E-state index contributed by atoms with van der Waals surface area (Å²) in [5, 5.41) is 9.49. The SMILES string of the molecule is N#Cc1oc2ccccc2c1OCCCC(F)(F)F. The Bertz CT molecular complexity index is 610. The lowest BCUT2D eigenvalue weighted by Gasteiger charge is -2.07. The molecule has 0 bridgehead atoms. The molecule has 0 unspecified atom stereocenters. The maximum Gasteiger partial charge on any atom is 0.389 e. The first-order valence-electron chi connectivity index (χ1n) is 5.62. The van der Waals surface area contributed by atoms with E-state index in [4.69, 9.17) is 14.4 Å². The van der Waals surface area contributed by atoms with Crippen LogP contribution in [0.25, 0.3) is 11.0 Å². The predicted molar refractivity (Wildman–Crippen MR) is 61.7 cm³/mol. The van der Waals surface area contributed by atoms with Crippen LogP contribution in [0.1, 0.15) is 18.6 Å². The lowest BCUT2D eigenvalue weighted by molar-refractivity contribution is -0.136. The normalized spacial score (nSPS) is 11.5. The van der Waals surface area contributed by atoms with Gasteiger partial charge in [0.2, 0.25) is 5.76 Å². The molecular formula is C13H10F3NO2. The Morgan fingerprint density at radius 1 is 1.26 bits per heavy atom. The van der Waals surface area contributed by atoms with Gasteiger partial charge in [-0.1, -0.05) is 12.1 Å². The van der Waals surface area contributed by atoms with Gasteiger partial charge in [0, 0.05) is 6.42 Å². The minimum atomic E-state index is -4.19. The molecule has 0 saturated carbocycles. The third-order valence-electron chi connectivity index (χ3n) is 2.50. The highest BCUT2D eigenvalue weighted by atomic mass is 19.4. The van der Waals surface area contributed by atoms with E-state index in [0.717, 1.165) is 0 Å². The van der Waals surface area contributed by atoms with Crippen molar-refractivity contribution in [2.75, 3.05) is 6.61 Å². The van der Waals surface area contributed by atoms with Gasteiger partial charge in [-0.15, -0.1) is 0 Å². The number of benzene rings is 1. The maximum atomic E-state index is 12.0. The molecule has 6 heteroatoms. The molecule has 100 valence electrons. The Kier molecular flexibility index (Phi) is 3.65. The fraction of sp³-hybridized carbons (Fsp3) is 0.308. The molecule has 0 aliphatic rings. The summed E-state index contributed by atoms with van der Waals surface area (Å²) in [6.07, 6.45) is -5.27. The van der Waals surface area contributed by atoms with E-state index in [0.29, 0.717) is 11.0 Å².